The fourth-order valence-corrected chi connectivity index (χ4v) is 8.63. The number of ether oxygens (including phenoxy) is 3. The van der Waals surface area contributed by atoms with Crippen molar-refractivity contribution in [2.75, 3.05) is 28.4 Å². The van der Waals surface area contributed by atoms with Crippen LogP contribution in [0.1, 0.15) is 18.4 Å². The van der Waals surface area contributed by atoms with Crippen LogP contribution in [0.15, 0.2) is 12.1 Å². The summed E-state index contributed by atoms with van der Waals surface area (Å²) < 4.78 is 16.6. The molecule has 0 amide bonds. The van der Waals surface area contributed by atoms with Crippen LogP contribution in [0, 0.1) is 47.3 Å². The minimum absolute atomic E-state index is 0.682. The summed E-state index contributed by atoms with van der Waals surface area (Å²) in [6, 6.07) is 5.03. The van der Waals surface area contributed by atoms with Gasteiger partial charge in [0.05, 0.1) is 21.3 Å². The number of nitrogens with zero attached hydrogens (tertiary/aromatic N) is 1. The Labute approximate surface area is 155 Å². The fourth-order valence-electron chi connectivity index (χ4n) is 8.63. The van der Waals surface area contributed by atoms with Gasteiger partial charge in [0.15, 0.2) is 11.5 Å². The van der Waals surface area contributed by atoms with E-state index in [0.717, 1.165) is 71.4 Å². The van der Waals surface area contributed by atoms with Crippen LogP contribution in [-0.2, 0) is 6.54 Å². The predicted octanol–water partition coefficient (Wildman–Crippen LogP) is 3.29. The highest BCUT2D eigenvalue weighted by molar-refractivity contribution is 5.53. The number of rotatable bonds is 6. The normalized spacial score (nSPS) is 45.5. The second kappa shape index (κ2) is 5.09. The summed E-state index contributed by atoms with van der Waals surface area (Å²) in [4.78, 5) is 2.66. The van der Waals surface area contributed by atoms with E-state index in [4.69, 9.17) is 14.2 Å². The Kier molecular flexibility index (Phi) is 3.06. The summed E-state index contributed by atoms with van der Waals surface area (Å²) in [7, 11) is 7.40. The van der Waals surface area contributed by atoms with Crippen molar-refractivity contribution >= 4 is 0 Å². The number of methoxy groups -OCH3 is 3. The minimum Gasteiger partial charge on any atom is -0.493 e. The van der Waals surface area contributed by atoms with E-state index in [9.17, 15) is 0 Å². The molecular formula is C22H29NO3. The Morgan fingerprint density at radius 2 is 1.42 bits per heavy atom. The molecule has 4 nitrogen and oxygen atoms in total. The molecule has 0 spiro atoms. The van der Waals surface area contributed by atoms with Gasteiger partial charge in [-0.15, -0.1) is 0 Å². The Hall–Kier alpha value is -1.42. The lowest BCUT2D eigenvalue weighted by molar-refractivity contribution is -0.0220. The lowest BCUT2D eigenvalue weighted by Crippen LogP contribution is -2.51. The first-order valence-electron chi connectivity index (χ1n) is 10.2. The first-order chi connectivity index (χ1) is 12.7. The summed E-state index contributed by atoms with van der Waals surface area (Å²) in [5.41, 5.74) is 1.25. The summed E-state index contributed by atoms with van der Waals surface area (Å²) >= 11 is 0. The van der Waals surface area contributed by atoms with Crippen molar-refractivity contribution in [3.8, 4) is 17.2 Å². The first-order valence-corrected chi connectivity index (χ1v) is 10.2. The Morgan fingerprint density at radius 1 is 0.808 bits per heavy atom. The lowest BCUT2D eigenvalue weighted by atomic mass is 9.58. The zero-order valence-electron chi connectivity index (χ0n) is 16.1. The van der Waals surface area contributed by atoms with Gasteiger partial charge in [-0.2, -0.15) is 0 Å². The lowest BCUT2D eigenvalue weighted by Gasteiger charge is -2.50. The molecule has 4 heteroatoms. The van der Waals surface area contributed by atoms with E-state index in [1.54, 1.807) is 34.2 Å². The van der Waals surface area contributed by atoms with Crippen LogP contribution < -0.4 is 14.2 Å². The molecule has 1 aromatic rings. The fraction of sp³-hybridized carbons (Fsp3) is 0.727. The summed E-state index contributed by atoms with van der Waals surface area (Å²) in [5, 5.41) is 0. The summed E-state index contributed by atoms with van der Waals surface area (Å²) in [5.74, 6) is 10.7. The van der Waals surface area contributed by atoms with Gasteiger partial charge in [0.1, 0.15) is 0 Å². The third-order valence-corrected chi connectivity index (χ3v) is 8.95. The van der Waals surface area contributed by atoms with E-state index < -0.39 is 0 Å². The first kappa shape index (κ1) is 15.6. The molecule has 0 unspecified atom stereocenters. The smallest absolute Gasteiger partial charge is 0.203 e. The van der Waals surface area contributed by atoms with Gasteiger partial charge in [-0.1, -0.05) is 0 Å². The van der Waals surface area contributed by atoms with Crippen molar-refractivity contribution in [2.45, 2.75) is 25.4 Å². The standard InChI is InChI=1S/C22H29NO3/c1-23(9-10-5-15(24-2)22(26-4)16(6-10)25-3)21-18-12-8-13-17-11(12)7-14(18)19(17)20(13)21/h5-6,11-14,17-21H,7-9H2,1-4H3/t11-,12-,13+,14+,17+,18-,19-,20-,21-/m0/s1. The topological polar surface area (TPSA) is 30.9 Å². The van der Waals surface area contributed by atoms with Gasteiger partial charge in [0.25, 0.3) is 0 Å². The van der Waals surface area contributed by atoms with Crippen molar-refractivity contribution < 1.29 is 14.2 Å². The molecule has 0 radical (unpaired) electrons. The van der Waals surface area contributed by atoms with Gasteiger partial charge in [0.2, 0.25) is 5.75 Å². The average Bonchev–Trinajstić information content (AvgIpc) is 3.20. The van der Waals surface area contributed by atoms with Crippen molar-refractivity contribution in [1.29, 1.82) is 0 Å². The quantitative estimate of drug-likeness (QED) is 0.783. The minimum atomic E-state index is 0.682. The maximum atomic E-state index is 5.55. The molecule has 0 saturated heterocycles. The summed E-state index contributed by atoms with van der Waals surface area (Å²) in [6.45, 7) is 0.961. The molecule has 0 N–H and O–H groups in total. The Morgan fingerprint density at radius 3 is 2.04 bits per heavy atom. The van der Waals surface area contributed by atoms with Crippen molar-refractivity contribution in [3.63, 3.8) is 0 Å². The van der Waals surface area contributed by atoms with E-state index in [1.807, 2.05) is 0 Å². The van der Waals surface area contributed by atoms with Gasteiger partial charge >= 0.3 is 0 Å². The van der Waals surface area contributed by atoms with Crippen LogP contribution in [-0.4, -0.2) is 39.3 Å². The monoisotopic (exact) mass is 355 g/mol. The molecule has 5 saturated carbocycles. The third-order valence-electron chi connectivity index (χ3n) is 8.95. The van der Waals surface area contributed by atoms with E-state index in [1.165, 1.54) is 5.56 Å². The molecule has 9 atom stereocenters. The van der Waals surface area contributed by atoms with Crippen molar-refractivity contribution in [2.24, 2.45) is 47.3 Å². The van der Waals surface area contributed by atoms with Crippen LogP contribution >= 0.6 is 0 Å². The maximum Gasteiger partial charge on any atom is 0.203 e. The number of benzene rings is 1. The Balaban J connectivity index is 1.28. The van der Waals surface area contributed by atoms with Crippen LogP contribution in [0.2, 0.25) is 0 Å². The molecule has 5 aliphatic rings. The molecule has 1 aromatic carbocycles. The highest BCUT2D eigenvalue weighted by atomic mass is 16.5. The van der Waals surface area contributed by atoms with Crippen LogP contribution in [0.25, 0.3) is 0 Å². The molecule has 0 heterocycles. The zero-order chi connectivity index (χ0) is 17.7. The molecule has 26 heavy (non-hydrogen) atoms. The molecular weight excluding hydrogens is 326 g/mol. The maximum absolute atomic E-state index is 5.55. The second-order valence-corrected chi connectivity index (χ2v) is 9.38. The van der Waals surface area contributed by atoms with Crippen LogP contribution in [0.3, 0.4) is 0 Å². The number of hydrogen-bond acceptors (Lipinski definition) is 4. The van der Waals surface area contributed by atoms with E-state index in [-0.39, 0.29) is 0 Å². The van der Waals surface area contributed by atoms with E-state index in [2.05, 4.69) is 24.1 Å². The number of hydrogen-bond donors (Lipinski definition) is 0. The van der Waals surface area contributed by atoms with Gasteiger partial charge in [-0.3, -0.25) is 4.90 Å². The molecule has 5 aliphatic carbocycles. The molecule has 0 aromatic heterocycles. The Bertz CT molecular complexity index is 733. The number of fused-ring (bicyclic) bond motifs is 2. The largest absolute Gasteiger partial charge is 0.493 e. The van der Waals surface area contributed by atoms with E-state index >= 15 is 0 Å². The molecule has 140 valence electrons. The summed E-state index contributed by atoms with van der Waals surface area (Å²) in [6.07, 6.45) is 3.12. The third kappa shape index (κ3) is 1.62. The van der Waals surface area contributed by atoms with Crippen molar-refractivity contribution in [1.82, 2.24) is 4.90 Å². The van der Waals surface area contributed by atoms with Gasteiger partial charge in [-0.25, -0.2) is 0 Å². The molecule has 0 aliphatic heterocycles. The average molecular weight is 355 g/mol. The highest BCUT2D eigenvalue weighted by Gasteiger charge is 2.80. The molecule has 5 fully saturated rings. The predicted molar refractivity (Wildman–Crippen MR) is 98.5 cm³/mol. The van der Waals surface area contributed by atoms with Gasteiger partial charge in [0, 0.05) is 12.6 Å². The SMILES string of the molecule is COc1cc(CN(C)[C@H]2[C@H]3[C@H]4C[C@@H]5[C@H]6[C@H]4C[C@H]3[C@@H]6[C@H]52)cc(OC)c1OC. The van der Waals surface area contributed by atoms with Crippen LogP contribution in [0.5, 0.6) is 17.2 Å². The second-order valence-electron chi connectivity index (χ2n) is 9.38. The highest BCUT2D eigenvalue weighted by Crippen LogP contribution is 2.83. The molecule has 6 rings (SSSR count). The van der Waals surface area contributed by atoms with Crippen LogP contribution in [0.4, 0.5) is 0 Å². The zero-order valence-corrected chi connectivity index (χ0v) is 16.1. The van der Waals surface area contributed by atoms with Gasteiger partial charge < -0.3 is 14.2 Å². The molecule has 2 bridgehead atoms. The van der Waals surface area contributed by atoms with Gasteiger partial charge in [-0.05, 0) is 84.9 Å². The van der Waals surface area contributed by atoms with E-state index in [0.29, 0.717) is 5.75 Å². The van der Waals surface area contributed by atoms with Crippen molar-refractivity contribution in [3.05, 3.63) is 17.7 Å².